The van der Waals surface area contributed by atoms with E-state index in [4.69, 9.17) is 10.2 Å². The van der Waals surface area contributed by atoms with Crippen LogP contribution in [0.2, 0.25) is 0 Å². The molecule has 0 bridgehead atoms. The Morgan fingerprint density at radius 2 is 1.65 bits per heavy atom. The van der Waals surface area contributed by atoms with Gasteiger partial charge in [0.05, 0.1) is 0 Å². The van der Waals surface area contributed by atoms with Crippen LogP contribution in [0.3, 0.4) is 0 Å². The first-order chi connectivity index (χ1) is 10.9. The Hall–Kier alpha value is -2.67. The van der Waals surface area contributed by atoms with Gasteiger partial charge in [-0.15, -0.1) is 0 Å². The second-order valence-electron chi connectivity index (χ2n) is 4.70. The first-order valence-corrected chi connectivity index (χ1v) is 7.74. The first kappa shape index (κ1) is 18.4. The lowest BCUT2D eigenvalue weighted by Gasteiger charge is -2.04. The van der Waals surface area contributed by atoms with Gasteiger partial charge in [-0.25, -0.2) is 4.79 Å². The van der Waals surface area contributed by atoms with E-state index in [2.05, 4.69) is 23.4 Å². The summed E-state index contributed by atoms with van der Waals surface area (Å²) in [5.41, 5.74) is 1.90. The largest absolute Gasteiger partial charge is 0.508 e. The van der Waals surface area contributed by atoms with E-state index in [9.17, 15) is 13.2 Å². The maximum atomic E-state index is 10.7. The minimum absolute atomic E-state index is 0.0381. The molecule has 1 unspecified atom stereocenters. The predicted molar refractivity (Wildman–Crippen MR) is 85.8 cm³/mol. The van der Waals surface area contributed by atoms with Crippen molar-refractivity contribution in [1.29, 1.82) is 0 Å². The molecule has 2 aromatic rings. The minimum Gasteiger partial charge on any atom is -0.508 e. The van der Waals surface area contributed by atoms with E-state index in [0.29, 0.717) is 5.56 Å². The normalized spacial score (nSPS) is 10.8. The highest BCUT2D eigenvalue weighted by Gasteiger charge is 2.17. The van der Waals surface area contributed by atoms with Gasteiger partial charge in [0.2, 0.25) is 0 Å². The van der Waals surface area contributed by atoms with Crippen LogP contribution in [0.25, 0.3) is 0 Å². The molecule has 23 heavy (non-hydrogen) atoms. The highest BCUT2D eigenvalue weighted by molar-refractivity contribution is 7.61. The van der Waals surface area contributed by atoms with Crippen molar-refractivity contribution in [2.24, 2.45) is 4.36 Å². The summed E-state index contributed by atoms with van der Waals surface area (Å²) in [6.07, 6.45) is -0.0381. The number of phenols is 1. The monoisotopic (exact) mass is 335 g/mol. The van der Waals surface area contributed by atoms with E-state index in [1.54, 1.807) is 0 Å². The van der Waals surface area contributed by atoms with Crippen molar-refractivity contribution in [2.75, 3.05) is 0 Å². The highest BCUT2D eigenvalue weighted by Crippen LogP contribution is 2.12. The number of phenolic OH excluding ortho intramolecular Hbond substituents is 1. The number of rotatable bonds is 4. The molecule has 0 saturated heterocycles. The van der Waals surface area contributed by atoms with E-state index in [1.165, 1.54) is 29.8 Å². The number of hydrogen-bond donors (Lipinski definition) is 2. The second-order valence-corrected chi connectivity index (χ2v) is 5.35. The molecule has 2 aromatic carbocycles. The molecule has 2 N–H and O–H groups in total. The summed E-state index contributed by atoms with van der Waals surface area (Å²) in [5, 5.41) is 17.7. The molecule has 1 atom stereocenters. The molecule has 0 saturated carbocycles. The average Bonchev–Trinajstić information content (AvgIpc) is 2.50. The Morgan fingerprint density at radius 1 is 1.09 bits per heavy atom. The Kier molecular flexibility index (Phi) is 7.49. The van der Waals surface area contributed by atoms with Crippen molar-refractivity contribution in [2.45, 2.75) is 19.4 Å². The summed E-state index contributed by atoms with van der Waals surface area (Å²) < 4.78 is 23.6. The Morgan fingerprint density at radius 3 is 2.04 bits per heavy atom. The van der Waals surface area contributed by atoms with Crippen LogP contribution < -0.4 is 0 Å². The number of aryl methyl sites for hydroxylation is 1. The number of carbonyl (C=O) groups is 1. The molecule has 0 aliphatic heterocycles. The van der Waals surface area contributed by atoms with Crippen molar-refractivity contribution >= 4 is 16.5 Å². The van der Waals surface area contributed by atoms with Crippen LogP contribution in [0.15, 0.2) is 59.0 Å². The van der Waals surface area contributed by atoms with Crippen LogP contribution in [-0.4, -0.2) is 30.6 Å². The van der Waals surface area contributed by atoms with E-state index < -0.39 is 22.5 Å². The average molecular weight is 335 g/mol. The molecule has 0 heterocycles. The Bertz CT molecular complexity index is 747. The van der Waals surface area contributed by atoms with Gasteiger partial charge in [-0.1, -0.05) is 48.0 Å². The van der Waals surface area contributed by atoms with Crippen molar-refractivity contribution in [1.82, 2.24) is 0 Å². The third kappa shape index (κ3) is 7.77. The van der Waals surface area contributed by atoms with Crippen LogP contribution >= 0.6 is 0 Å². The summed E-state index contributed by atoms with van der Waals surface area (Å²) in [4.78, 5) is 10.7. The van der Waals surface area contributed by atoms with Crippen molar-refractivity contribution in [3.63, 3.8) is 0 Å². The zero-order chi connectivity index (χ0) is 17.2. The van der Waals surface area contributed by atoms with Gasteiger partial charge in [-0.05, 0) is 24.6 Å². The topological polar surface area (TPSA) is 104 Å². The fourth-order valence-corrected chi connectivity index (χ4v) is 2.04. The quantitative estimate of drug-likeness (QED) is 0.893. The fourth-order valence-electron chi connectivity index (χ4n) is 1.66. The van der Waals surface area contributed by atoms with Crippen molar-refractivity contribution in [3.05, 3.63) is 65.7 Å². The molecular weight excluding hydrogens is 318 g/mol. The van der Waals surface area contributed by atoms with E-state index >= 15 is 0 Å². The zero-order valence-corrected chi connectivity index (χ0v) is 13.3. The number of aromatic hydroxyl groups is 1. The molecule has 0 aliphatic carbocycles. The van der Waals surface area contributed by atoms with Gasteiger partial charge in [0.25, 0.3) is 0 Å². The lowest BCUT2D eigenvalue weighted by Crippen LogP contribution is -2.20. The lowest BCUT2D eigenvalue weighted by molar-refractivity contribution is -0.138. The summed E-state index contributed by atoms with van der Waals surface area (Å²) in [7, 11) is -2.75. The van der Waals surface area contributed by atoms with Gasteiger partial charge in [-0.2, -0.15) is 12.8 Å². The minimum atomic E-state index is -2.75. The number of hydrogen-bond acceptors (Lipinski definition) is 5. The summed E-state index contributed by atoms with van der Waals surface area (Å²) >= 11 is 0. The van der Waals surface area contributed by atoms with Crippen LogP contribution in [-0.2, 0) is 21.7 Å². The summed E-state index contributed by atoms with van der Waals surface area (Å²) in [6.45, 7) is 2.08. The van der Waals surface area contributed by atoms with E-state index in [1.807, 2.05) is 18.2 Å². The summed E-state index contributed by atoms with van der Waals surface area (Å²) in [5.74, 6) is -1.25. The fraction of sp³-hybridized carbons (Fsp3) is 0.188. The maximum absolute atomic E-state index is 10.7. The number of carboxylic acid groups (broad SMARTS) is 1. The molecule has 0 aliphatic rings. The predicted octanol–water partition coefficient (Wildman–Crippen LogP) is 2.45. The standard InChI is InChI=1S/C9H9NO5S.C7H8/c11-7-3-1-6(2-4-7)5-8(9(12)13)10-16(14)15;1-7-5-3-2-4-6-7/h1-4,8,11H,5H2,(H,12,13);2-6H,1H3. The second kappa shape index (κ2) is 9.37. The lowest BCUT2D eigenvalue weighted by atomic mass is 10.1. The molecule has 0 aromatic heterocycles. The molecule has 0 amide bonds. The van der Waals surface area contributed by atoms with Crippen molar-refractivity contribution in [3.8, 4) is 5.75 Å². The first-order valence-electron chi connectivity index (χ1n) is 6.71. The number of nitrogens with zero attached hydrogens (tertiary/aromatic N) is 1. The maximum Gasteiger partial charge on any atom is 0.330 e. The summed E-state index contributed by atoms with van der Waals surface area (Å²) in [6, 6.07) is 14.7. The Balaban J connectivity index is 0.000000313. The van der Waals surface area contributed by atoms with Gasteiger partial charge >= 0.3 is 16.5 Å². The number of carboxylic acids is 1. The van der Waals surface area contributed by atoms with E-state index in [0.717, 1.165) is 0 Å². The van der Waals surface area contributed by atoms with Crippen LogP contribution in [0.5, 0.6) is 5.75 Å². The van der Waals surface area contributed by atoms with Crippen LogP contribution in [0, 0.1) is 6.92 Å². The third-order valence-corrected chi connectivity index (χ3v) is 3.23. The molecule has 0 spiro atoms. The molecule has 2 rings (SSSR count). The molecule has 122 valence electrons. The van der Waals surface area contributed by atoms with Gasteiger partial charge in [0, 0.05) is 6.42 Å². The van der Waals surface area contributed by atoms with Crippen LogP contribution in [0.4, 0.5) is 0 Å². The highest BCUT2D eigenvalue weighted by atomic mass is 32.2. The van der Waals surface area contributed by atoms with Crippen molar-refractivity contribution < 1.29 is 23.4 Å². The van der Waals surface area contributed by atoms with Gasteiger partial charge in [0.15, 0.2) is 6.04 Å². The van der Waals surface area contributed by atoms with Crippen LogP contribution in [0.1, 0.15) is 11.1 Å². The SMILES string of the molecule is Cc1ccccc1.O=C(O)C(Cc1ccc(O)cc1)N=S(=O)=O. The smallest absolute Gasteiger partial charge is 0.330 e. The van der Waals surface area contributed by atoms with Gasteiger partial charge in [-0.3, -0.25) is 0 Å². The van der Waals surface area contributed by atoms with Gasteiger partial charge < -0.3 is 10.2 Å². The Labute approximate surface area is 135 Å². The molecule has 0 radical (unpaired) electrons. The molecular formula is C16H17NO5S. The zero-order valence-electron chi connectivity index (χ0n) is 12.5. The third-order valence-electron chi connectivity index (χ3n) is 2.80. The molecule has 6 nitrogen and oxygen atoms in total. The molecule has 7 heteroatoms. The van der Waals surface area contributed by atoms with Gasteiger partial charge in [0.1, 0.15) is 5.75 Å². The number of aliphatic carboxylic acids is 1. The molecule has 0 fully saturated rings. The van der Waals surface area contributed by atoms with E-state index in [-0.39, 0.29) is 12.2 Å². The number of benzene rings is 2.